The molecule has 58 heavy (non-hydrogen) atoms. The maximum absolute atomic E-state index is 11.2. The van der Waals surface area contributed by atoms with E-state index in [1.165, 1.54) is 24.3 Å². The molecule has 0 aliphatic rings. The van der Waals surface area contributed by atoms with E-state index in [4.69, 9.17) is 47.4 Å². The molecule has 0 spiro atoms. The number of rotatable bonds is 39. The molecule has 0 heterocycles. The Hall–Kier alpha value is -4.76. The SMILES string of the molecule is O=[N+]([O-])c1ccc(NCCOCCOCCOCCOCCOCCOCCOCCOCCOCCOCCNc2ccc([N+](=O)[O-])cc2[N+](=O)[O-])c([N+](=O)[O-])c1. The summed E-state index contributed by atoms with van der Waals surface area (Å²) in [6.45, 7) is 8.16. The Morgan fingerprint density at radius 3 is 0.776 bits per heavy atom. The molecule has 326 valence electrons. The lowest BCUT2D eigenvalue weighted by Crippen LogP contribution is -2.16. The van der Waals surface area contributed by atoms with Crippen LogP contribution in [-0.2, 0) is 47.4 Å². The Kier molecular flexibility index (Phi) is 27.4. The van der Waals surface area contributed by atoms with Crippen LogP contribution in [-0.4, -0.2) is 165 Å². The van der Waals surface area contributed by atoms with Crippen LogP contribution in [0.5, 0.6) is 0 Å². The van der Waals surface area contributed by atoms with E-state index < -0.39 is 19.7 Å². The predicted molar refractivity (Wildman–Crippen MR) is 205 cm³/mol. The van der Waals surface area contributed by atoms with Crippen LogP contribution >= 0.6 is 0 Å². The van der Waals surface area contributed by atoms with Gasteiger partial charge in [-0.25, -0.2) is 0 Å². The molecule has 24 nitrogen and oxygen atoms in total. The zero-order valence-electron chi connectivity index (χ0n) is 32.2. The number of hydrogen-bond donors (Lipinski definition) is 2. The molecule has 0 saturated heterocycles. The molecule has 0 aliphatic heterocycles. The van der Waals surface area contributed by atoms with Crippen LogP contribution in [0.1, 0.15) is 0 Å². The van der Waals surface area contributed by atoms with Gasteiger partial charge in [0.25, 0.3) is 22.7 Å². The van der Waals surface area contributed by atoms with Crippen LogP contribution in [0.25, 0.3) is 0 Å². The number of nitro benzene ring substituents is 4. The molecule has 0 atom stereocenters. The molecule has 2 aromatic rings. The van der Waals surface area contributed by atoms with Crippen molar-refractivity contribution < 1.29 is 67.1 Å². The number of non-ortho nitro benzene ring substituents is 2. The number of hydrogen-bond acceptors (Lipinski definition) is 20. The van der Waals surface area contributed by atoms with Crippen LogP contribution in [0.15, 0.2) is 36.4 Å². The Labute approximate surface area is 333 Å². The summed E-state index contributed by atoms with van der Waals surface area (Å²) < 4.78 is 54.4. The zero-order chi connectivity index (χ0) is 42.1. The van der Waals surface area contributed by atoms with Gasteiger partial charge in [0.2, 0.25) is 0 Å². The van der Waals surface area contributed by atoms with E-state index in [0.29, 0.717) is 119 Å². The van der Waals surface area contributed by atoms with E-state index in [0.717, 1.165) is 12.1 Å². The number of ether oxygens (including phenoxy) is 10. The van der Waals surface area contributed by atoms with Crippen molar-refractivity contribution in [2.24, 2.45) is 0 Å². The lowest BCUT2D eigenvalue weighted by molar-refractivity contribution is -0.393. The monoisotopic (exact) mass is 832 g/mol. The summed E-state index contributed by atoms with van der Waals surface area (Å²) in [7, 11) is 0. The van der Waals surface area contributed by atoms with Gasteiger partial charge in [-0.1, -0.05) is 0 Å². The van der Waals surface area contributed by atoms with Crippen LogP contribution in [0, 0.1) is 40.5 Å². The van der Waals surface area contributed by atoms with Gasteiger partial charge in [0.1, 0.15) is 11.4 Å². The first-order chi connectivity index (χ1) is 28.2. The first-order valence-corrected chi connectivity index (χ1v) is 18.3. The largest absolute Gasteiger partial charge is 0.377 e. The van der Waals surface area contributed by atoms with Crippen molar-refractivity contribution >= 4 is 34.1 Å². The number of nitrogens with zero attached hydrogens (tertiary/aromatic N) is 4. The average Bonchev–Trinajstić information content (AvgIpc) is 3.20. The van der Waals surface area contributed by atoms with Crippen LogP contribution < -0.4 is 10.6 Å². The molecule has 2 aromatic carbocycles. The topological polar surface area (TPSA) is 289 Å². The highest BCUT2D eigenvalue weighted by Gasteiger charge is 2.20. The van der Waals surface area contributed by atoms with Crippen molar-refractivity contribution in [3.63, 3.8) is 0 Å². The highest BCUT2D eigenvalue weighted by Crippen LogP contribution is 2.29. The lowest BCUT2D eigenvalue weighted by atomic mass is 10.2. The minimum atomic E-state index is -0.690. The minimum absolute atomic E-state index is 0.172. The molecule has 0 radical (unpaired) electrons. The second kappa shape index (κ2) is 32.2. The summed E-state index contributed by atoms with van der Waals surface area (Å²) in [6, 6.07) is 6.79. The summed E-state index contributed by atoms with van der Waals surface area (Å²) in [4.78, 5) is 41.2. The van der Waals surface area contributed by atoms with Crippen molar-refractivity contribution in [3.8, 4) is 0 Å². The molecule has 0 aromatic heterocycles. The lowest BCUT2D eigenvalue weighted by Gasteiger charge is -2.09. The van der Waals surface area contributed by atoms with Crippen molar-refractivity contribution in [1.29, 1.82) is 0 Å². The van der Waals surface area contributed by atoms with Crippen molar-refractivity contribution in [2.45, 2.75) is 0 Å². The number of benzene rings is 2. The number of nitro groups is 4. The molecule has 0 bridgehead atoms. The van der Waals surface area contributed by atoms with Crippen molar-refractivity contribution in [2.75, 3.05) is 156 Å². The highest BCUT2D eigenvalue weighted by molar-refractivity contribution is 5.66. The summed E-state index contributed by atoms with van der Waals surface area (Å²) in [5.41, 5.74) is -1.13. The quantitative estimate of drug-likeness (QED) is 0.0556. The molecule has 0 unspecified atom stereocenters. The van der Waals surface area contributed by atoms with Gasteiger partial charge in [-0.3, -0.25) is 40.5 Å². The summed E-state index contributed by atoms with van der Waals surface area (Å²) in [5.74, 6) is 0. The van der Waals surface area contributed by atoms with Gasteiger partial charge in [0.15, 0.2) is 0 Å². The maximum atomic E-state index is 11.2. The third kappa shape index (κ3) is 23.5. The Bertz CT molecular complexity index is 1370. The second-order valence-electron chi connectivity index (χ2n) is 11.4. The maximum Gasteiger partial charge on any atom is 0.299 e. The molecule has 0 saturated carbocycles. The summed E-state index contributed by atoms with van der Waals surface area (Å²) >= 11 is 0. The third-order valence-corrected chi connectivity index (χ3v) is 7.25. The Balaban J connectivity index is 1.23. The van der Waals surface area contributed by atoms with Crippen LogP contribution in [0.2, 0.25) is 0 Å². The second-order valence-corrected chi connectivity index (χ2v) is 11.4. The van der Waals surface area contributed by atoms with Crippen molar-refractivity contribution in [1.82, 2.24) is 0 Å². The summed E-state index contributed by atoms with van der Waals surface area (Å²) in [5, 5.41) is 49.6. The third-order valence-electron chi connectivity index (χ3n) is 7.25. The summed E-state index contributed by atoms with van der Waals surface area (Å²) in [6.07, 6.45) is 0. The smallest absolute Gasteiger partial charge is 0.299 e. The average molecular weight is 833 g/mol. The Morgan fingerprint density at radius 2 is 0.569 bits per heavy atom. The fourth-order valence-corrected chi connectivity index (χ4v) is 4.47. The molecule has 2 N–H and O–H groups in total. The van der Waals surface area contributed by atoms with Gasteiger partial charge in [-0.05, 0) is 12.1 Å². The molecular formula is C34H52N6O18. The van der Waals surface area contributed by atoms with Gasteiger partial charge in [-0.2, -0.15) is 0 Å². The molecule has 2 rings (SSSR count). The van der Waals surface area contributed by atoms with Crippen LogP contribution in [0.3, 0.4) is 0 Å². The fraction of sp³-hybridized carbons (Fsp3) is 0.647. The van der Waals surface area contributed by atoms with Gasteiger partial charge in [0.05, 0.1) is 164 Å². The minimum Gasteiger partial charge on any atom is -0.377 e. The number of nitrogens with one attached hydrogen (secondary N) is 2. The van der Waals surface area contributed by atoms with E-state index in [2.05, 4.69) is 10.6 Å². The number of anilines is 2. The van der Waals surface area contributed by atoms with Gasteiger partial charge < -0.3 is 58.0 Å². The molecule has 0 amide bonds. The van der Waals surface area contributed by atoms with Gasteiger partial charge in [-0.15, -0.1) is 0 Å². The van der Waals surface area contributed by atoms with Gasteiger partial charge >= 0.3 is 0 Å². The highest BCUT2D eigenvalue weighted by atomic mass is 16.6. The molecule has 24 heteroatoms. The van der Waals surface area contributed by atoms with E-state index >= 15 is 0 Å². The first-order valence-electron chi connectivity index (χ1n) is 18.3. The predicted octanol–water partition coefficient (Wildman–Crippen LogP) is 3.01. The van der Waals surface area contributed by atoms with E-state index in [1.54, 1.807) is 0 Å². The standard InChI is InChI=1S/C34H52N6O18/c41-37(42)29-1-3-31(33(27-29)39(45)46)35-5-7-49-9-11-51-13-15-53-17-19-55-21-23-57-25-26-58-24-22-56-20-18-54-16-14-52-12-10-50-8-6-36-32-4-2-30(38(43)44)28-34(32)40(47)48/h1-4,27-28,35-36H,5-26H2. The van der Waals surface area contributed by atoms with E-state index in [-0.39, 0.29) is 60.4 Å². The fourth-order valence-electron chi connectivity index (χ4n) is 4.47. The zero-order valence-corrected chi connectivity index (χ0v) is 32.2. The van der Waals surface area contributed by atoms with Crippen LogP contribution in [0.4, 0.5) is 34.1 Å². The van der Waals surface area contributed by atoms with Crippen molar-refractivity contribution in [3.05, 3.63) is 76.9 Å². The first kappa shape index (κ1) is 49.4. The molecule has 0 aliphatic carbocycles. The molecular weight excluding hydrogens is 780 g/mol. The molecule has 0 fully saturated rings. The normalized spacial score (nSPS) is 11.1. The van der Waals surface area contributed by atoms with Gasteiger partial charge in [0, 0.05) is 25.2 Å². The van der Waals surface area contributed by atoms with E-state index in [1.807, 2.05) is 0 Å². The van der Waals surface area contributed by atoms with E-state index in [9.17, 15) is 40.5 Å². The Morgan fingerprint density at radius 1 is 0.345 bits per heavy atom.